The Bertz CT molecular complexity index is 1060. The highest BCUT2D eigenvalue weighted by molar-refractivity contribution is 6.30. The maximum absolute atomic E-state index is 13.3. The number of benzene rings is 2. The second kappa shape index (κ2) is 11.1. The molecule has 0 bridgehead atoms. The lowest BCUT2D eigenvalue weighted by Crippen LogP contribution is -2.57. The molecule has 10 heteroatoms. The molecule has 3 aliphatic heterocycles. The van der Waals surface area contributed by atoms with Crippen molar-refractivity contribution < 1.29 is 33.2 Å². The number of rotatable bonds is 8. The van der Waals surface area contributed by atoms with Gasteiger partial charge < -0.3 is 33.3 Å². The minimum atomic E-state index is -0.809. The lowest BCUT2D eigenvalue weighted by molar-refractivity contribution is -0.159. The number of carbonyl (C=O) groups is 1. The summed E-state index contributed by atoms with van der Waals surface area (Å²) in [5.41, 5.74) is 0.173. The first-order valence-corrected chi connectivity index (χ1v) is 12.5. The van der Waals surface area contributed by atoms with Crippen molar-refractivity contribution in [2.24, 2.45) is 0 Å². The molecular formula is C26H31ClN2O7. The van der Waals surface area contributed by atoms with Crippen molar-refractivity contribution in [3.05, 3.63) is 47.0 Å². The van der Waals surface area contributed by atoms with E-state index >= 15 is 0 Å². The average Bonchev–Trinajstić information content (AvgIpc) is 3.36. The molecule has 9 nitrogen and oxygen atoms in total. The molecule has 2 aromatic rings. The zero-order chi connectivity index (χ0) is 25.0. The summed E-state index contributed by atoms with van der Waals surface area (Å²) < 4.78 is 34.6. The molecule has 0 aromatic heterocycles. The summed E-state index contributed by atoms with van der Waals surface area (Å²) >= 11 is 6.02. The fourth-order valence-electron chi connectivity index (χ4n) is 4.77. The molecule has 5 rings (SSSR count). The Morgan fingerprint density at radius 2 is 1.81 bits per heavy atom. The number of ether oxygens (including phenoxy) is 6. The molecule has 0 saturated carbocycles. The number of halogens is 1. The van der Waals surface area contributed by atoms with Crippen LogP contribution in [0, 0.1) is 0 Å². The molecule has 36 heavy (non-hydrogen) atoms. The molecule has 2 aromatic carbocycles. The SMILES string of the molecule is COc1cc2c(cc1CN1CCO[C@@](COc3ccc(Cl)cc3)(CC(=O)N3CCOCC3)C1)OCO2. The zero-order valence-electron chi connectivity index (χ0n) is 20.4. The predicted octanol–water partition coefficient (Wildman–Crippen LogP) is 2.98. The number of morpholine rings is 2. The third-order valence-electron chi connectivity index (χ3n) is 6.65. The number of carbonyl (C=O) groups excluding carboxylic acids is 1. The summed E-state index contributed by atoms with van der Waals surface area (Å²) in [5.74, 6) is 2.84. The van der Waals surface area contributed by atoms with Crippen molar-refractivity contribution in [1.82, 2.24) is 9.80 Å². The summed E-state index contributed by atoms with van der Waals surface area (Å²) in [6, 6.07) is 11.0. The number of hydrogen-bond acceptors (Lipinski definition) is 8. The van der Waals surface area contributed by atoms with E-state index in [1.54, 1.807) is 19.2 Å². The molecule has 2 saturated heterocycles. The van der Waals surface area contributed by atoms with Crippen LogP contribution in [0.5, 0.6) is 23.0 Å². The smallest absolute Gasteiger partial charge is 0.231 e. The van der Waals surface area contributed by atoms with Gasteiger partial charge in [0.15, 0.2) is 11.5 Å². The van der Waals surface area contributed by atoms with E-state index in [2.05, 4.69) is 4.90 Å². The number of nitrogens with zero attached hydrogens (tertiary/aromatic N) is 2. The monoisotopic (exact) mass is 518 g/mol. The van der Waals surface area contributed by atoms with Crippen LogP contribution in [0.15, 0.2) is 36.4 Å². The average molecular weight is 519 g/mol. The van der Waals surface area contributed by atoms with Crippen LogP contribution < -0.4 is 18.9 Å². The Kier molecular flexibility index (Phi) is 7.71. The van der Waals surface area contributed by atoms with Gasteiger partial charge in [-0.05, 0) is 30.3 Å². The van der Waals surface area contributed by atoms with Gasteiger partial charge in [-0.3, -0.25) is 9.69 Å². The molecule has 3 heterocycles. The summed E-state index contributed by atoms with van der Waals surface area (Å²) in [5, 5.41) is 0.636. The fourth-order valence-corrected chi connectivity index (χ4v) is 4.90. The van der Waals surface area contributed by atoms with Crippen molar-refractivity contribution in [2.75, 3.05) is 66.5 Å². The van der Waals surface area contributed by atoms with E-state index in [0.717, 1.165) is 11.3 Å². The Morgan fingerprint density at radius 3 is 2.56 bits per heavy atom. The molecule has 1 atom stereocenters. The summed E-state index contributed by atoms with van der Waals surface area (Å²) in [6.07, 6.45) is 0.218. The number of methoxy groups -OCH3 is 1. The molecule has 3 aliphatic rings. The molecule has 0 aliphatic carbocycles. The highest BCUT2D eigenvalue weighted by Crippen LogP contribution is 2.39. The van der Waals surface area contributed by atoms with Crippen LogP contribution in [0.3, 0.4) is 0 Å². The molecule has 0 unspecified atom stereocenters. The second-order valence-corrected chi connectivity index (χ2v) is 9.61. The summed E-state index contributed by atoms with van der Waals surface area (Å²) in [6.45, 7) is 5.04. The lowest BCUT2D eigenvalue weighted by atomic mass is 9.96. The van der Waals surface area contributed by atoms with Crippen LogP contribution in [-0.4, -0.2) is 87.8 Å². The molecule has 194 valence electrons. The van der Waals surface area contributed by atoms with Gasteiger partial charge in [0.05, 0.1) is 33.4 Å². The van der Waals surface area contributed by atoms with Crippen LogP contribution in [0.1, 0.15) is 12.0 Å². The van der Waals surface area contributed by atoms with Crippen LogP contribution in [0.4, 0.5) is 0 Å². The van der Waals surface area contributed by atoms with E-state index in [1.807, 2.05) is 29.2 Å². The molecule has 0 radical (unpaired) electrons. The fraction of sp³-hybridized carbons (Fsp3) is 0.500. The largest absolute Gasteiger partial charge is 0.496 e. The molecular weight excluding hydrogens is 488 g/mol. The minimum Gasteiger partial charge on any atom is -0.496 e. The van der Waals surface area contributed by atoms with Gasteiger partial charge in [0, 0.05) is 49.4 Å². The van der Waals surface area contributed by atoms with Gasteiger partial charge in [-0.25, -0.2) is 0 Å². The van der Waals surface area contributed by atoms with Crippen molar-refractivity contribution in [3.63, 3.8) is 0 Å². The van der Waals surface area contributed by atoms with Crippen molar-refractivity contribution in [2.45, 2.75) is 18.6 Å². The Hall–Kier alpha value is -2.72. The maximum Gasteiger partial charge on any atom is 0.231 e. The Morgan fingerprint density at radius 1 is 1.06 bits per heavy atom. The standard InChI is InChI=1S/C26H31ClN2O7/c1-31-22-13-24-23(34-18-35-24)12-19(22)15-28-6-11-36-26(16-28,14-25(30)29-7-9-32-10-8-29)17-33-21-4-2-20(27)3-5-21/h2-5,12-13H,6-11,14-18H2,1H3/t26-/m0/s1. The van der Waals surface area contributed by atoms with Crippen LogP contribution in [0.25, 0.3) is 0 Å². The first kappa shape index (κ1) is 25.0. The first-order chi connectivity index (χ1) is 17.5. The quantitative estimate of drug-likeness (QED) is 0.528. The van der Waals surface area contributed by atoms with Gasteiger partial charge in [-0.2, -0.15) is 0 Å². The van der Waals surface area contributed by atoms with Gasteiger partial charge in [0.2, 0.25) is 12.7 Å². The lowest BCUT2D eigenvalue weighted by Gasteiger charge is -2.43. The van der Waals surface area contributed by atoms with E-state index in [9.17, 15) is 4.79 Å². The van der Waals surface area contributed by atoms with Gasteiger partial charge in [0.25, 0.3) is 0 Å². The van der Waals surface area contributed by atoms with Crippen LogP contribution in [0.2, 0.25) is 5.02 Å². The number of amides is 1. The maximum atomic E-state index is 13.3. The van der Waals surface area contributed by atoms with Crippen LogP contribution >= 0.6 is 11.6 Å². The zero-order valence-corrected chi connectivity index (χ0v) is 21.1. The Balaban J connectivity index is 1.34. The molecule has 2 fully saturated rings. The number of hydrogen-bond donors (Lipinski definition) is 0. The van der Waals surface area contributed by atoms with Crippen molar-refractivity contribution >= 4 is 17.5 Å². The van der Waals surface area contributed by atoms with Crippen molar-refractivity contribution in [3.8, 4) is 23.0 Å². The molecule has 0 spiro atoms. The van der Waals surface area contributed by atoms with E-state index < -0.39 is 5.60 Å². The normalized spacial score (nSPS) is 21.9. The van der Waals surface area contributed by atoms with E-state index in [1.165, 1.54) is 0 Å². The van der Waals surface area contributed by atoms with E-state index in [4.69, 9.17) is 40.0 Å². The van der Waals surface area contributed by atoms with Crippen LogP contribution in [-0.2, 0) is 20.8 Å². The minimum absolute atomic E-state index is 0.0421. The Labute approximate surface area is 215 Å². The topological polar surface area (TPSA) is 78.9 Å². The second-order valence-electron chi connectivity index (χ2n) is 9.17. The van der Waals surface area contributed by atoms with Gasteiger partial charge in [0.1, 0.15) is 23.7 Å². The van der Waals surface area contributed by atoms with E-state index in [-0.39, 0.29) is 25.7 Å². The molecule has 1 amide bonds. The summed E-state index contributed by atoms with van der Waals surface area (Å²) in [7, 11) is 1.64. The third kappa shape index (κ3) is 5.81. The summed E-state index contributed by atoms with van der Waals surface area (Å²) in [4.78, 5) is 17.4. The first-order valence-electron chi connectivity index (χ1n) is 12.1. The highest BCUT2D eigenvalue weighted by Gasteiger charge is 2.41. The van der Waals surface area contributed by atoms with Gasteiger partial charge in [-0.15, -0.1) is 0 Å². The molecule has 0 N–H and O–H groups in total. The van der Waals surface area contributed by atoms with Gasteiger partial charge in [-0.1, -0.05) is 11.6 Å². The third-order valence-corrected chi connectivity index (χ3v) is 6.90. The number of fused-ring (bicyclic) bond motifs is 1. The highest BCUT2D eigenvalue weighted by atomic mass is 35.5. The van der Waals surface area contributed by atoms with Crippen molar-refractivity contribution in [1.29, 1.82) is 0 Å². The van der Waals surface area contributed by atoms with Gasteiger partial charge >= 0.3 is 0 Å². The van der Waals surface area contributed by atoms with E-state index in [0.29, 0.717) is 74.8 Å². The predicted molar refractivity (Wildman–Crippen MR) is 132 cm³/mol.